The second-order valence-electron chi connectivity index (χ2n) is 6.28. The van der Waals surface area contributed by atoms with Gasteiger partial charge in [0.2, 0.25) is 0 Å². The zero-order valence-electron chi connectivity index (χ0n) is 15.6. The summed E-state index contributed by atoms with van der Waals surface area (Å²) in [6, 6.07) is 18.1. The van der Waals surface area contributed by atoms with Gasteiger partial charge in [-0.15, -0.1) is 6.42 Å². The summed E-state index contributed by atoms with van der Waals surface area (Å²) in [7, 11) is 0. The molecule has 0 unspecified atom stereocenters. The van der Waals surface area contributed by atoms with Gasteiger partial charge in [-0.3, -0.25) is 4.79 Å². The smallest absolute Gasteiger partial charge is 0.343 e. The Morgan fingerprint density at radius 3 is 2.03 bits per heavy atom. The van der Waals surface area contributed by atoms with E-state index in [-0.39, 0.29) is 12.4 Å². The number of rotatable bonds is 6. The van der Waals surface area contributed by atoms with Gasteiger partial charge >= 0.3 is 5.97 Å². The zero-order chi connectivity index (χ0) is 20.8. The number of ether oxygens (including phenoxy) is 2. The molecule has 144 valence electrons. The quantitative estimate of drug-likeness (QED) is 0.248. The van der Waals surface area contributed by atoms with Gasteiger partial charge in [-0.2, -0.15) is 0 Å². The van der Waals surface area contributed by atoms with Crippen molar-refractivity contribution in [2.24, 2.45) is 0 Å². The molecule has 0 radical (unpaired) electrons. The van der Waals surface area contributed by atoms with Crippen molar-refractivity contribution in [1.82, 2.24) is 0 Å². The number of ketones is 1. The number of benzene rings is 3. The fourth-order valence-electron chi connectivity index (χ4n) is 2.69. The van der Waals surface area contributed by atoms with Gasteiger partial charge in [-0.1, -0.05) is 17.5 Å². The van der Waals surface area contributed by atoms with Gasteiger partial charge < -0.3 is 9.47 Å². The average Bonchev–Trinajstić information content (AvgIpc) is 2.72. The minimum absolute atomic E-state index is 0.156. The first kappa shape index (κ1) is 20.2. The molecule has 0 atom stereocenters. The Balaban J connectivity index is 1.68. The molecule has 0 fully saturated rings. The molecule has 0 aliphatic rings. The van der Waals surface area contributed by atoms with Gasteiger partial charge in [-0.25, -0.2) is 4.79 Å². The lowest BCUT2D eigenvalue weighted by Crippen LogP contribution is -2.09. The summed E-state index contributed by atoms with van der Waals surface area (Å²) in [6.07, 6.45) is 5.15. The van der Waals surface area contributed by atoms with Gasteiger partial charge in [0.15, 0.2) is 5.78 Å². The molecule has 29 heavy (non-hydrogen) atoms. The Kier molecular flexibility index (Phi) is 6.33. The molecule has 0 N–H and O–H groups in total. The summed E-state index contributed by atoms with van der Waals surface area (Å²) in [5.74, 6) is 2.64. The third-order valence-corrected chi connectivity index (χ3v) is 4.26. The molecule has 0 heterocycles. The second kappa shape index (κ2) is 9.09. The van der Waals surface area contributed by atoms with Crippen LogP contribution in [0.25, 0.3) is 0 Å². The van der Waals surface area contributed by atoms with Crippen LogP contribution in [0.2, 0.25) is 5.02 Å². The molecule has 0 bridgehead atoms. The molecule has 3 aromatic carbocycles. The minimum Gasteiger partial charge on any atom is -0.481 e. The van der Waals surface area contributed by atoms with E-state index in [0.29, 0.717) is 33.2 Å². The van der Waals surface area contributed by atoms with E-state index in [1.165, 1.54) is 0 Å². The van der Waals surface area contributed by atoms with Crippen molar-refractivity contribution in [2.75, 3.05) is 6.61 Å². The standard InChI is InChI=1S/C24H17ClO4/c1-3-12-28-21-8-4-17(5-9-21)23(26)18-6-10-22(11-7-18)29-24(27)19-13-16(2)14-20(25)15-19/h1,4-11,13-15H,12H2,2H3. The van der Waals surface area contributed by atoms with E-state index in [1.807, 2.05) is 6.92 Å². The van der Waals surface area contributed by atoms with E-state index < -0.39 is 5.97 Å². The van der Waals surface area contributed by atoms with Crippen molar-refractivity contribution in [2.45, 2.75) is 6.92 Å². The highest BCUT2D eigenvalue weighted by Crippen LogP contribution is 2.20. The number of carbonyl (C=O) groups is 2. The van der Waals surface area contributed by atoms with Gasteiger partial charge in [0, 0.05) is 16.1 Å². The fraction of sp³-hybridized carbons (Fsp3) is 0.0833. The van der Waals surface area contributed by atoms with E-state index in [1.54, 1.807) is 66.7 Å². The van der Waals surface area contributed by atoms with Crippen LogP contribution in [0, 0.1) is 19.3 Å². The predicted octanol–water partition coefficient (Wildman–Crippen LogP) is 5.11. The maximum absolute atomic E-state index is 12.6. The molecule has 0 saturated heterocycles. The Morgan fingerprint density at radius 2 is 1.48 bits per heavy atom. The Bertz CT molecular complexity index is 1060. The molecule has 4 nitrogen and oxygen atoms in total. The maximum atomic E-state index is 12.6. The van der Waals surface area contributed by atoms with E-state index in [9.17, 15) is 9.59 Å². The molecule has 5 heteroatoms. The first-order valence-corrected chi connectivity index (χ1v) is 9.14. The lowest BCUT2D eigenvalue weighted by atomic mass is 10.0. The van der Waals surface area contributed by atoms with E-state index in [0.717, 1.165) is 5.56 Å². The normalized spacial score (nSPS) is 10.1. The predicted molar refractivity (Wildman–Crippen MR) is 112 cm³/mol. The fourth-order valence-corrected chi connectivity index (χ4v) is 2.98. The number of terminal acetylenes is 1. The van der Waals surface area contributed by atoms with Crippen LogP contribution in [-0.2, 0) is 0 Å². The first-order chi connectivity index (χ1) is 14.0. The second-order valence-corrected chi connectivity index (χ2v) is 6.71. The van der Waals surface area contributed by atoms with Crippen molar-refractivity contribution >= 4 is 23.4 Å². The molecule has 0 amide bonds. The molecule has 0 aliphatic heterocycles. The van der Waals surface area contributed by atoms with Crippen LogP contribution in [-0.4, -0.2) is 18.4 Å². The molecule has 0 aliphatic carbocycles. The molecule has 0 saturated carbocycles. The Hall–Kier alpha value is -3.55. The van der Waals surface area contributed by atoms with Gasteiger partial charge in [0.05, 0.1) is 5.56 Å². The third kappa shape index (κ3) is 5.25. The largest absolute Gasteiger partial charge is 0.481 e. The zero-order valence-corrected chi connectivity index (χ0v) is 16.4. The summed E-state index contributed by atoms with van der Waals surface area (Å²) >= 11 is 5.98. The number of aryl methyl sites for hydroxylation is 1. The SMILES string of the molecule is C#CCOc1ccc(C(=O)c2ccc(OC(=O)c3cc(C)cc(Cl)c3)cc2)cc1. The van der Waals surface area contributed by atoms with Gasteiger partial charge in [0.1, 0.15) is 18.1 Å². The summed E-state index contributed by atoms with van der Waals surface area (Å²) in [4.78, 5) is 24.9. The highest BCUT2D eigenvalue weighted by molar-refractivity contribution is 6.31. The average molecular weight is 405 g/mol. The van der Waals surface area contributed by atoms with Gasteiger partial charge in [-0.05, 0) is 79.2 Å². The summed E-state index contributed by atoms with van der Waals surface area (Å²) in [5, 5.41) is 0.466. The van der Waals surface area contributed by atoms with E-state index in [4.69, 9.17) is 27.5 Å². The number of carbonyl (C=O) groups excluding carboxylic acids is 2. The topological polar surface area (TPSA) is 52.6 Å². The highest BCUT2D eigenvalue weighted by Gasteiger charge is 2.12. The first-order valence-electron chi connectivity index (χ1n) is 8.77. The van der Waals surface area contributed by atoms with Crippen LogP contribution in [0.1, 0.15) is 31.8 Å². The van der Waals surface area contributed by atoms with Crippen molar-refractivity contribution in [3.63, 3.8) is 0 Å². The molecule has 3 rings (SSSR count). The molecule has 0 spiro atoms. The number of hydrogen-bond acceptors (Lipinski definition) is 4. The summed E-state index contributed by atoms with van der Waals surface area (Å²) in [5.41, 5.74) is 2.21. The van der Waals surface area contributed by atoms with Gasteiger partial charge in [0.25, 0.3) is 0 Å². The lowest BCUT2D eigenvalue weighted by Gasteiger charge is -2.07. The van der Waals surface area contributed by atoms with Crippen LogP contribution >= 0.6 is 11.6 Å². The Morgan fingerprint density at radius 1 is 0.897 bits per heavy atom. The van der Waals surface area contributed by atoms with E-state index in [2.05, 4.69) is 5.92 Å². The Labute approximate surface area is 174 Å². The highest BCUT2D eigenvalue weighted by atomic mass is 35.5. The molecular formula is C24H17ClO4. The molecule has 3 aromatic rings. The van der Waals surface area contributed by atoms with Crippen molar-refractivity contribution < 1.29 is 19.1 Å². The van der Waals surface area contributed by atoms with Crippen LogP contribution in [0.3, 0.4) is 0 Å². The maximum Gasteiger partial charge on any atom is 0.343 e. The lowest BCUT2D eigenvalue weighted by molar-refractivity contribution is 0.0734. The van der Waals surface area contributed by atoms with E-state index >= 15 is 0 Å². The number of hydrogen-bond donors (Lipinski definition) is 0. The monoisotopic (exact) mass is 404 g/mol. The number of esters is 1. The minimum atomic E-state index is -0.516. The molecule has 0 aromatic heterocycles. The van der Waals surface area contributed by atoms with Crippen LogP contribution in [0.15, 0.2) is 66.7 Å². The van der Waals surface area contributed by atoms with Crippen LogP contribution in [0.5, 0.6) is 11.5 Å². The summed E-state index contributed by atoms with van der Waals surface area (Å²) < 4.78 is 10.7. The van der Waals surface area contributed by atoms with Crippen LogP contribution < -0.4 is 9.47 Å². The molecular weight excluding hydrogens is 388 g/mol. The van der Waals surface area contributed by atoms with Crippen molar-refractivity contribution in [3.8, 4) is 23.8 Å². The van der Waals surface area contributed by atoms with Crippen molar-refractivity contribution in [1.29, 1.82) is 0 Å². The summed E-state index contributed by atoms with van der Waals surface area (Å²) in [6.45, 7) is 2.01. The third-order valence-electron chi connectivity index (χ3n) is 4.04. The van der Waals surface area contributed by atoms with Crippen LogP contribution in [0.4, 0.5) is 0 Å². The van der Waals surface area contributed by atoms with Crippen molar-refractivity contribution in [3.05, 3.63) is 94.0 Å². The number of halogens is 1.